The Balaban J connectivity index is 3.04. The molecule has 0 N–H and O–H groups in total. The van der Waals surface area contributed by atoms with Crippen LogP contribution in [0.5, 0.6) is 11.5 Å². The molecule has 0 aliphatic rings. The van der Waals surface area contributed by atoms with Crippen LogP contribution in [0.4, 0.5) is 0 Å². The predicted molar refractivity (Wildman–Crippen MR) is 71.0 cm³/mol. The van der Waals surface area contributed by atoms with Gasteiger partial charge in [-0.2, -0.15) is 0 Å². The lowest BCUT2D eigenvalue weighted by atomic mass is 10.1. The van der Waals surface area contributed by atoms with Crippen molar-refractivity contribution < 1.29 is 9.47 Å². The molecule has 0 spiro atoms. The average Bonchev–Trinajstić information content (AvgIpc) is 2.36. The van der Waals surface area contributed by atoms with Crippen LogP contribution in [0.25, 0.3) is 0 Å². The van der Waals surface area contributed by atoms with Crippen molar-refractivity contribution in [1.29, 1.82) is 0 Å². The van der Waals surface area contributed by atoms with E-state index in [-0.39, 0.29) is 0 Å². The Labute approximate surface area is 108 Å². The first-order valence-corrected chi connectivity index (χ1v) is 6.01. The first-order chi connectivity index (χ1) is 8.24. The molecule has 0 radical (unpaired) electrons. The first kappa shape index (κ1) is 13.7. The van der Waals surface area contributed by atoms with Gasteiger partial charge in [0.05, 0.1) is 19.8 Å². The number of benzene rings is 1. The van der Waals surface area contributed by atoms with E-state index in [9.17, 15) is 0 Å². The van der Waals surface area contributed by atoms with Crippen molar-refractivity contribution >= 4 is 11.6 Å². The van der Waals surface area contributed by atoms with Crippen LogP contribution in [-0.4, -0.2) is 14.2 Å². The smallest absolute Gasteiger partial charge is 0.139 e. The van der Waals surface area contributed by atoms with Crippen LogP contribution in [0.15, 0.2) is 12.1 Å². The molecule has 0 bridgehead atoms. The van der Waals surface area contributed by atoms with E-state index in [0.29, 0.717) is 22.1 Å². The van der Waals surface area contributed by atoms with E-state index < -0.39 is 0 Å². The van der Waals surface area contributed by atoms with Crippen LogP contribution in [0.3, 0.4) is 0 Å². The zero-order valence-corrected chi connectivity index (χ0v) is 11.2. The van der Waals surface area contributed by atoms with Gasteiger partial charge in [0.2, 0.25) is 0 Å². The third-order valence-corrected chi connectivity index (χ3v) is 2.75. The lowest BCUT2D eigenvalue weighted by Crippen LogP contribution is -1.92. The maximum Gasteiger partial charge on any atom is 0.139 e. The molecule has 1 aromatic rings. The van der Waals surface area contributed by atoms with Crippen molar-refractivity contribution in [2.45, 2.75) is 26.2 Å². The predicted octanol–water partition coefficient (Wildman–Crippen LogP) is 3.90. The number of halogens is 1. The SMILES string of the molecule is CCCCC#Cc1c(OC)ccc(OC)c1Cl. The second-order valence-corrected chi connectivity index (χ2v) is 3.94. The second-order valence-electron chi connectivity index (χ2n) is 3.56. The lowest BCUT2D eigenvalue weighted by molar-refractivity contribution is 0.402. The molecule has 0 unspecified atom stereocenters. The topological polar surface area (TPSA) is 18.5 Å². The summed E-state index contributed by atoms with van der Waals surface area (Å²) in [6.07, 6.45) is 3.10. The number of hydrogen-bond acceptors (Lipinski definition) is 2. The lowest BCUT2D eigenvalue weighted by Gasteiger charge is -2.08. The summed E-state index contributed by atoms with van der Waals surface area (Å²) in [6.45, 7) is 2.14. The number of unbranched alkanes of at least 4 members (excludes halogenated alkanes) is 2. The Morgan fingerprint density at radius 2 is 1.82 bits per heavy atom. The molecule has 0 amide bonds. The first-order valence-electron chi connectivity index (χ1n) is 5.64. The fourth-order valence-electron chi connectivity index (χ4n) is 1.40. The maximum absolute atomic E-state index is 6.20. The molecule has 0 aliphatic carbocycles. The monoisotopic (exact) mass is 252 g/mol. The summed E-state index contributed by atoms with van der Waals surface area (Å²) in [6, 6.07) is 3.59. The summed E-state index contributed by atoms with van der Waals surface area (Å²) in [5.74, 6) is 7.45. The standard InChI is InChI=1S/C14H17ClO2/c1-4-5-6-7-8-11-12(16-2)9-10-13(17-3)14(11)15/h9-10H,4-6H2,1-3H3. The zero-order valence-electron chi connectivity index (χ0n) is 10.5. The third kappa shape index (κ3) is 3.57. The van der Waals surface area contributed by atoms with Crippen LogP contribution in [-0.2, 0) is 0 Å². The van der Waals surface area contributed by atoms with Gasteiger partial charge in [-0.25, -0.2) is 0 Å². The zero-order chi connectivity index (χ0) is 12.7. The van der Waals surface area contributed by atoms with E-state index in [4.69, 9.17) is 21.1 Å². The van der Waals surface area contributed by atoms with E-state index in [1.54, 1.807) is 20.3 Å². The number of rotatable bonds is 4. The average molecular weight is 253 g/mol. The molecule has 1 aromatic carbocycles. The minimum absolute atomic E-state index is 0.510. The van der Waals surface area contributed by atoms with Crippen molar-refractivity contribution in [2.75, 3.05) is 14.2 Å². The minimum atomic E-state index is 0.510. The Hall–Kier alpha value is -1.33. The van der Waals surface area contributed by atoms with Gasteiger partial charge in [-0.15, -0.1) is 0 Å². The molecule has 0 heterocycles. The summed E-state index contributed by atoms with van der Waals surface area (Å²) < 4.78 is 10.4. The summed E-state index contributed by atoms with van der Waals surface area (Å²) >= 11 is 6.20. The fraction of sp³-hybridized carbons (Fsp3) is 0.429. The highest BCUT2D eigenvalue weighted by Crippen LogP contribution is 2.33. The molecule has 0 fully saturated rings. The summed E-state index contributed by atoms with van der Waals surface area (Å²) in [4.78, 5) is 0. The van der Waals surface area contributed by atoms with Gasteiger partial charge in [0, 0.05) is 6.42 Å². The minimum Gasteiger partial charge on any atom is -0.495 e. The van der Waals surface area contributed by atoms with Gasteiger partial charge in [0.25, 0.3) is 0 Å². The molecular formula is C14H17ClO2. The van der Waals surface area contributed by atoms with Gasteiger partial charge in [0.15, 0.2) is 0 Å². The van der Waals surface area contributed by atoms with Gasteiger partial charge >= 0.3 is 0 Å². The Morgan fingerprint density at radius 1 is 1.18 bits per heavy atom. The quantitative estimate of drug-likeness (QED) is 0.598. The van der Waals surface area contributed by atoms with Crippen LogP contribution in [0, 0.1) is 11.8 Å². The van der Waals surface area contributed by atoms with E-state index in [2.05, 4.69) is 18.8 Å². The fourth-order valence-corrected chi connectivity index (χ4v) is 1.68. The maximum atomic E-state index is 6.20. The van der Waals surface area contributed by atoms with Crippen molar-refractivity contribution in [1.82, 2.24) is 0 Å². The van der Waals surface area contributed by atoms with Crippen molar-refractivity contribution in [3.63, 3.8) is 0 Å². The van der Waals surface area contributed by atoms with Gasteiger partial charge in [-0.05, 0) is 18.6 Å². The van der Waals surface area contributed by atoms with Crippen molar-refractivity contribution in [3.8, 4) is 23.3 Å². The van der Waals surface area contributed by atoms with E-state index in [1.165, 1.54) is 0 Å². The summed E-state index contributed by atoms with van der Waals surface area (Å²) in [5, 5.41) is 0.510. The molecule has 1 rings (SSSR count). The highest BCUT2D eigenvalue weighted by molar-refractivity contribution is 6.33. The largest absolute Gasteiger partial charge is 0.495 e. The Kier molecular flexibility index (Phi) is 5.72. The van der Waals surface area contributed by atoms with Gasteiger partial charge < -0.3 is 9.47 Å². The molecule has 3 heteroatoms. The number of ether oxygens (including phenoxy) is 2. The van der Waals surface area contributed by atoms with E-state index in [1.807, 2.05) is 6.07 Å². The highest BCUT2D eigenvalue weighted by Gasteiger charge is 2.10. The van der Waals surface area contributed by atoms with Crippen LogP contribution >= 0.6 is 11.6 Å². The Bertz CT molecular complexity index is 430. The van der Waals surface area contributed by atoms with E-state index in [0.717, 1.165) is 19.3 Å². The molecule has 2 nitrogen and oxygen atoms in total. The molecule has 92 valence electrons. The Morgan fingerprint density at radius 3 is 2.41 bits per heavy atom. The van der Waals surface area contributed by atoms with Crippen LogP contribution in [0.1, 0.15) is 31.7 Å². The molecule has 0 saturated heterocycles. The second kappa shape index (κ2) is 7.09. The van der Waals surface area contributed by atoms with Gasteiger partial charge in [-0.1, -0.05) is 36.8 Å². The molecular weight excluding hydrogens is 236 g/mol. The molecule has 0 aromatic heterocycles. The van der Waals surface area contributed by atoms with Crippen LogP contribution in [0.2, 0.25) is 5.02 Å². The normalized spacial score (nSPS) is 9.41. The van der Waals surface area contributed by atoms with Gasteiger partial charge in [-0.3, -0.25) is 0 Å². The third-order valence-electron chi connectivity index (χ3n) is 2.38. The molecule has 0 atom stereocenters. The van der Waals surface area contributed by atoms with Crippen molar-refractivity contribution in [2.24, 2.45) is 0 Å². The number of hydrogen-bond donors (Lipinski definition) is 0. The van der Waals surface area contributed by atoms with Gasteiger partial charge in [0.1, 0.15) is 16.5 Å². The van der Waals surface area contributed by atoms with Crippen LogP contribution < -0.4 is 9.47 Å². The van der Waals surface area contributed by atoms with Crippen molar-refractivity contribution in [3.05, 3.63) is 22.7 Å². The molecule has 0 saturated carbocycles. The molecule has 0 aliphatic heterocycles. The number of methoxy groups -OCH3 is 2. The highest BCUT2D eigenvalue weighted by atomic mass is 35.5. The van der Waals surface area contributed by atoms with E-state index >= 15 is 0 Å². The molecule has 17 heavy (non-hydrogen) atoms. The summed E-state index contributed by atoms with van der Waals surface area (Å²) in [5.41, 5.74) is 0.699. The summed E-state index contributed by atoms with van der Waals surface area (Å²) in [7, 11) is 3.19.